The lowest BCUT2D eigenvalue weighted by molar-refractivity contribution is 0.491. The first-order chi connectivity index (χ1) is 7.16. The molecule has 0 bridgehead atoms. The minimum atomic E-state index is -2.26. The second-order valence-corrected chi connectivity index (χ2v) is 6.37. The summed E-state index contributed by atoms with van der Waals surface area (Å²) in [4.78, 5) is 0. The van der Waals surface area contributed by atoms with Crippen molar-refractivity contribution in [2.45, 2.75) is 19.0 Å². The summed E-state index contributed by atoms with van der Waals surface area (Å²) in [5.74, 6) is 1.07. The number of nitrogens with one attached hydrogen (secondary N) is 1. The molecule has 3 N–H and O–H groups in total. The van der Waals surface area contributed by atoms with E-state index in [4.69, 9.17) is 0 Å². The van der Waals surface area contributed by atoms with Crippen LogP contribution in [0.1, 0.15) is 12.0 Å². The Kier molecular flexibility index (Phi) is 3.31. The van der Waals surface area contributed by atoms with E-state index >= 15 is 0 Å². The SMILES string of the molecule is OS1(O)CCC(NCc2ccccc2)C1. The topological polar surface area (TPSA) is 52.5 Å². The molecule has 1 aromatic carbocycles. The summed E-state index contributed by atoms with van der Waals surface area (Å²) in [6.45, 7) is 0.807. The number of hydrogen-bond acceptors (Lipinski definition) is 3. The zero-order valence-corrected chi connectivity index (χ0v) is 9.41. The third-order valence-corrected chi connectivity index (χ3v) is 4.52. The largest absolute Gasteiger partial charge is 0.308 e. The molecule has 1 unspecified atom stereocenters. The number of hydrogen-bond donors (Lipinski definition) is 3. The van der Waals surface area contributed by atoms with Gasteiger partial charge in [-0.15, -0.1) is 0 Å². The molecule has 84 valence electrons. The van der Waals surface area contributed by atoms with Gasteiger partial charge in [0.25, 0.3) is 0 Å². The molecule has 4 heteroatoms. The van der Waals surface area contributed by atoms with Gasteiger partial charge >= 0.3 is 0 Å². The van der Waals surface area contributed by atoms with Gasteiger partial charge in [-0.05, 0) is 12.0 Å². The van der Waals surface area contributed by atoms with Crippen molar-refractivity contribution in [2.75, 3.05) is 11.5 Å². The van der Waals surface area contributed by atoms with E-state index in [1.807, 2.05) is 18.2 Å². The summed E-state index contributed by atoms with van der Waals surface area (Å²) in [5.41, 5.74) is 1.24. The molecule has 0 saturated carbocycles. The fraction of sp³-hybridized carbons (Fsp3) is 0.455. The van der Waals surface area contributed by atoms with Crippen LogP contribution in [0.15, 0.2) is 30.3 Å². The third kappa shape index (κ3) is 3.21. The molecular formula is C11H17NO2S. The Morgan fingerprint density at radius 3 is 2.60 bits per heavy atom. The van der Waals surface area contributed by atoms with Crippen molar-refractivity contribution in [3.8, 4) is 0 Å². The predicted octanol–water partition coefficient (Wildman–Crippen LogP) is 2.30. The molecule has 2 rings (SSSR count). The van der Waals surface area contributed by atoms with Crippen molar-refractivity contribution in [1.29, 1.82) is 0 Å². The summed E-state index contributed by atoms with van der Waals surface area (Å²) in [7, 11) is -2.26. The molecule has 0 radical (unpaired) electrons. The maximum Gasteiger partial charge on any atom is 0.0528 e. The van der Waals surface area contributed by atoms with Crippen LogP contribution in [0.2, 0.25) is 0 Å². The van der Waals surface area contributed by atoms with Gasteiger partial charge in [0.2, 0.25) is 0 Å². The fourth-order valence-electron chi connectivity index (χ4n) is 1.84. The van der Waals surface area contributed by atoms with Crippen LogP contribution in [0.5, 0.6) is 0 Å². The molecule has 0 amide bonds. The Balaban J connectivity index is 1.80. The Hall–Kier alpha value is -0.550. The maximum absolute atomic E-state index is 9.46. The quantitative estimate of drug-likeness (QED) is 0.742. The second kappa shape index (κ2) is 4.53. The average molecular weight is 227 g/mol. The van der Waals surface area contributed by atoms with Crippen LogP contribution in [0.25, 0.3) is 0 Å². The van der Waals surface area contributed by atoms with Crippen molar-refractivity contribution in [3.63, 3.8) is 0 Å². The first kappa shape index (κ1) is 11.0. The van der Waals surface area contributed by atoms with E-state index in [1.165, 1.54) is 5.56 Å². The first-order valence-corrected chi connectivity index (χ1v) is 7.05. The molecule has 1 saturated heterocycles. The standard InChI is InChI=1S/C11H17NO2S/c13-15(14)7-6-11(9-15)12-8-10-4-2-1-3-5-10/h1-5,11-14H,6-9H2. The molecule has 0 spiro atoms. The Bertz CT molecular complexity index is 316. The van der Waals surface area contributed by atoms with Crippen LogP contribution >= 0.6 is 10.6 Å². The molecule has 3 nitrogen and oxygen atoms in total. The molecule has 1 aliphatic rings. The molecule has 1 aliphatic heterocycles. The highest BCUT2D eigenvalue weighted by Crippen LogP contribution is 2.45. The van der Waals surface area contributed by atoms with Gasteiger partial charge in [-0.3, -0.25) is 9.11 Å². The molecule has 1 aromatic rings. The second-order valence-electron chi connectivity index (χ2n) is 4.03. The number of benzene rings is 1. The van der Waals surface area contributed by atoms with Gasteiger partial charge in [0.05, 0.1) is 5.75 Å². The van der Waals surface area contributed by atoms with Crippen LogP contribution in [0.4, 0.5) is 0 Å². The highest BCUT2D eigenvalue weighted by Gasteiger charge is 2.27. The van der Waals surface area contributed by atoms with E-state index in [2.05, 4.69) is 17.4 Å². The van der Waals surface area contributed by atoms with Gasteiger partial charge in [-0.2, -0.15) is 10.6 Å². The molecule has 1 fully saturated rings. The molecule has 1 atom stereocenters. The van der Waals surface area contributed by atoms with Crippen LogP contribution in [0, 0.1) is 0 Å². The Morgan fingerprint density at radius 2 is 2.00 bits per heavy atom. The smallest absolute Gasteiger partial charge is 0.0528 e. The minimum absolute atomic E-state index is 0.259. The monoisotopic (exact) mass is 227 g/mol. The van der Waals surface area contributed by atoms with E-state index in [0.717, 1.165) is 13.0 Å². The van der Waals surface area contributed by atoms with Crippen LogP contribution in [-0.2, 0) is 6.54 Å². The summed E-state index contributed by atoms with van der Waals surface area (Å²) < 4.78 is 18.9. The Morgan fingerprint density at radius 1 is 1.27 bits per heavy atom. The van der Waals surface area contributed by atoms with E-state index in [1.54, 1.807) is 0 Å². The lowest BCUT2D eigenvalue weighted by Gasteiger charge is -2.26. The fourth-order valence-corrected chi connectivity index (χ4v) is 3.60. The van der Waals surface area contributed by atoms with Gasteiger partial charge in [-0.1, -0.05) is 30.3 Å². The van der Waals surface area contributed by atoms with E-state index in [9.17, 15) is 9.11 Å². The van der Waals surface area contributed by atoms with Crippen molar-refractivity contribution in [1.82, 2.24) is 5.32 Å². The molecular weight excluding hydrogens is 210 g/mol. The molecule has 0 aliphatic carbocycles. The van der Waals surface area contributed by atoms with Gasteiger partial charge in [0.1, 0.15) is 0 Å². The van der Waals surface area contributed by atoms with Crippen molar-refractivity contribution in [2.24, 2.45) is 0 Å². The summed E-state index contributed by atoms with van der Waals surface area (Å²) in [6, 6.07) is 10.4. The highest BCUT2D eigenvalue weighted by molar-refractivity contribution is 8.24. The molecule has 1 heterocycles. The van der Waals surface area contributed by atoms with E-state index < -0.39 is 10.6 Å². The highest BCUT2D eigenvalue weighted by atomic mass is 32.3. The Labute approximate surface area is 91.9 Å². The zero-order chi connectivity index (χ0) is 10.7. The maximum atomic E-state index is 9.46. The van der Waals surface area contributed by atoms with Gasteiger partial charge in [0.15, 0.2) is 0 Å². The van der Waals surface area contributed by atoms with Gasteiger partial charge < -0.3 is 5.32 Å². The first-order valence-electron chi connectivity index (χ1n) is 5.17. The van der Waals surface area contributed by atoms with Crippen LogP contribution in [0.3, 0.4) is 0 Å². The third-order valence-electron chi connectivity index (χ3n) is 2.70. The van der Waals surface area contributed by atoms with Crippen LogP contribution in [-0.4, -0.2) is 26.7 Å². The predicted molar refractivity (Wildman–Crippen MR) is 64.3 cm³/mol. The molecule has 15 heavy (non-hydrogen) atoms. The summed E-state index contributed by atoms with van der Waals surface area (Å²) in [6.07, 6.45) is 0.870. The summed E-state index contributed by atoms with van der Waals surface area (Å²) in [5, 5.41) is 3.35. The van der Waals surface area contributed by atoms with E-state index in [-0.39, 0.29) is 6.04 Å². The number of rotatable bonds is 3. The van der Waals surface area contributed by atoms with Crippen LogP contribution < -0.4 is 5.32 Å². The molecule has 0 aromatic heterocycles. The minimum Gasteiger partial charge on any atom is -0.308 e. The zero-order valence-electron chi connectivity index (χ0n) is 8.60. The van der Waals surface area contributed by atoms with Crippen molar-refractivity contribution in [3.05, 3.63) is 35.9 Å². The lowest BCUT2D eigenvalue weighted by atomic mass is 10.2. The van der Waals surface area contributed by atoms with Crippen molar-refractivity contribution < 1.29 is 9.11 Å². The van der Waals surface area contributed by atoms with Crippen molar-refractivity contribution >= 4 is 10.6 Å². The van der Waals surface area contributed by atoms with Gasteiger partial charge in [-0.25, -0.2) is 0 Å². The van der Waals surface area contributed by atoms with Gasteiger partial charge in [0, 0.05) is 18.3 Å². The van der Waals surface area contributed by atoms with E-state index in [0.29, 0.717) is 11.5 Å². The average Bonchev–Trinajstić information content (AvgIpc) is 2.57. The summed E-state index contributed by atoms with van der Waals surface area (Å²) >= 11 is 0. The lowest BCUT2D eigenvalue weighted by Crippen LogP contribution is -2.28. The normalized spacial score (nSPS) is 26.4.